The van der Waals surface area contributed by atoms with Crippen LogP contribution in [0, 0.1) is 27.7 Å². The van der Waals surface area contributed by atoms with Crippen molar-refractivity contribution in [3.8, 4) is 11.5 Å². The predicted octanol–water partition coefficient (Wildman–Crippen LogP) is 4.72. The highest BCUT2D eigenvalue weighted by Crippen LogP contribution is 2.45. The first-order valence-corrected chi connectivity index (χ1v) is 11.8. The highest BCUT2D eigenvalue weighted by Gasteiger charge is 2.35. The quantitative estimate of drug-likeness (QED) is 0.619. The van der Waals surface area contributed by atoms with Crippen LogP contribution in [0.2, 0.25) is 0 Å². The van der Waals surface area contributed by atoms with Crippen molar-refractivity contribution in [2.75, 3.05) is 20.6 Å². The van der Waals surface area contributed by atoms with Gasteiger partial charge in [-0.05, 0) is 96.8 Å². The molecule has 0 bridgehead atoms. The second-order valence-electron chi connectivity index (χ2n) is 8.97. The lowest BCUT2D eigenvalue weighted by Gasteiger charge is -2.38. The smallest absolute Gasteiger partial charge is 0.339 e. The lowest BCUT2D eigenvalue weighted by molar-refractivity contribution is 0.0481. The molecule has 5 nitrogen and oxygen atoms in total. The van der Waals surface area contributed by atoms with E-state index in [1.54, 1.807) is 24.3 Å². The number of hydrogen-bond acceptors (Lipinski definition) is 5. The zero-order valence-electron chi connectivity index (χ0n) is 19.1. The molecule has 1 atom stereocenters. The minimum Gasteiger partial charge on any atom is -0.487 e. The molecule has 0 saturated heterocycles. The summed E-state index contributed by atoms with van der Waals surface area (Å²) >= 11 is 0. The second-order valence-corrected chi connectivity index (χ2v) is 10.5. The molecule has 0 N–H and O–H groups in total. The summed E-state index contributed by atoms with van der Waals surface area (Å²) in [4.78, 5) is 2.33. The van der Waals surface area contributed by atoms with Crippen molar-refractivity contribution in [1.82, 2.24) is 4.90 Å². The second kappa shape index (κ2) is 8.23. The number of rotatable bonds is 6. The zero-order chi connectivity index (χ0) is 22.3. The van der Waals surface area contributed by atoms with Gasteiger partial charge in [-0.2, -0.15) is 8.42 Å². The highest BCUT2D eigenvalue weighted by molar-refractivity contribution is 7.87. The Hall–Kier alpha value is -2.05. The average Bonchev–Trinajstić information content (AvgIpc) is 2.68. The van der Waals surface area contributed by atoms with E-state index in [-0.39, 0.29) is 10.5 Å². The third kappa shape index (κ3) is 4.49. The van der Waals surface area contributed by atoms with Gasteiger partial charge >= 0.3 is 10.1 Å². The third-order valence-corrected chi connectivity index (χ3v) is 7.39. The van der Waals surface area contributed by atoms with Crippen molar-refractivity contribution in [3.63, 3.8) is 0 Å². The molecule has 164 valence electrons. The topological polar surface area (TPSA) is 55.8 Å². The van der Waals surface area contributed by atoms with Crippen molar-refractivity contribution >= 4 is 10.1 Å². The molecule has 1 aliphatic heterocycles. The van der Waals surface area contributed by atoms with E-state index in [0.717, 1.165) is 59.4 Å². The molecular weight excluding hydrogens is 398 g/mol. The minimum atomic E-state index is -3.91. The van der Waals surface area contributed by atoms with E-state index in [9.17, 15) is 8.42 Å². The first-order valence-electron chi connectivity index (χ1n) is 10.4. The molecular formula is C24H33NO4S. The highest BCUT2D eigenvalue weighted by atomic mass is 32.2. The molecule has 1 heterocycles. The van der Waals surface area contributed by atoms with E-state index < -0.39 is 10.1 Å². The Balaban J connectivity index is 1.96. The lowest BCUT2D eigenvalue weighted by atomic mass is 9.85. The molecule has 0 amide bonds. The van der Waals surface area contributed by atoms with Crippen LogP contribution in [0.5, 0.6) is 11.5 Å². The van der Waals surface area contributed by atoms with E-state index in [1.807, 2.05) is 27.7 Å². The molecule has 0 aromatic heterocycles. The van der Waals surface area contributed by atoms with Crippen LogP contribution in [-0.2, 0) is 16.5 Å². The summed E-state index contributed by atoms with van der Waals surface area (Å²) in [5.74, 6) is 1.31. The maximum Gasteiger partial charge on any atom is 0.339 e. The fraction of sp³-hybridized carbons (Fsp3) is 0.500. The van der Waals surface area contributed by atoms with Crippen molar-refractivity contribution < 1.29 is 17.3 Å². The maximum atomic E-state index is 12.9. The first-order chi connectivity index (χ1) is 13.9. The zero-order valence-corrected chi connectivity index (χ0v) is 19.9. The summed E-state index contributed by atoms with van der Waals surface area (Å²) in [6, 6.07) is 6.72. The molecule has 6 heteroatoms. The van der Waals surface area contributed by atoms with Crippen molar-refractivity contribution in [1.29, 1.82) is 0 Å². The van der Waals surface area contributed by atoms with Gasteiger partial charge in [-0.25, -0.2) is 0 Å². The maximum absolute atomic E-state index is 12.9. The number of aryl methyl sites for hydroxylation is 1. The molecule has 3 rings (SSSR count). The Morgan fingerprint density at radius 1 is 1.03 bits per heavy atom. The van der Waals surface area contributed by atoms with Gasteiger partial charge in [0.05, 0.1) is 0 Å². The molecule has 2 aromatic rings. The van der Waals surface area contributed by atoms with Crippen molar-refractivity contribution in [3.05, 3.63) is 52.1 Å². The standard InChI is InChI=1S/C24H33NO4S/c1-16-8-10-20(11-9-16)30(26,27)29-22-17(2)18(3)23-21(19(22)4)12-13-24(5,28-23)14-15-25(6)7/h8-11H,12-15H2,1-7H3. The van der Waals surface area contributed by atoms with Gasteiger partial charge in [-0.1, -0.05) is 17.7 Å². The predicted molar refractivity (Wildman–Crippen MR) is 120 cm³/mol. The lowest BCUT2D eigenvalue weighted by Crippen LogP contribution is -2.39. The monoisotopic (exact) mass is 431 g/mol. The Kier molecular flexibility index (Phi) is 6.21. The number of ether oxygens (including phenoxy) is 1. The van der Waals surface area contributed by atoms with Crippen LogP contribution in [0.1, 0.15) is 47.6 Å². The molecule has 2 aromatic carbocycles. The number of hydrogen-bond donors (Lipinski definition) is 0. The molecule has 0 saturated carbocycles. The average molecular weight is 432 g/mol. The van der Waals surface area contributed by atoms with Gasteiger partial charge in [0.2, 0.25) is 0 Å². The summed E-state index contributed by atoms with van der Waals surface area (Å²) in [7, 11) is 0.229. The van der Waals surface area contributed by atoms with Crippen LogP contribution < -0.4 is 8.92 Å². The van der Waals surface area contributed by atoms with E-state index in [4.69, 9.17) is 8.92 Å². The van der Waals surface area contributed by atoms with E-state index in [1.165, 1.54) is 0 Å². The molecule has 0 radical (unpaired) electrons. The minimum absolute atomic E-state index is 0.162. The van der Waals surface area contributed by atoms with E-state index >= 15 is 0 Å². The van der Waals surface area contributed by atoms with Crippen molar-refractivity contribution in [2.45, 2.75) is 64.4 Å². The van der Waals surface area contributed by atoms with Crippen LogP contribution in [0.4, 0.5) is 0 Å². The van der Waals surface area contributed by atoms with Gasteiger partial charge < -0.3 is 13.8 Å². The van der Waals surface area contributed by atoms with E-state index in [0.29, 0.717) is 5.75 Å². The van der Waals surface area contributed by atoms with E-state index in [2.05, 4.69) is 25.9 Å². The van der Waals surface area contributed by atoms with Crippen LogP contribution in [0.25, 0.3) is 0 Å². The molecule has 0 fully saturated rings. The van der Waals surface area contributed by atoms with Crippen molar-refractivity contribution in [2.24, 2.45) is 0 Å². The van der Waals surface area contributed by atoms with Gasteiger partial charge in [0.1, 0.15) is 22.0 Å². The normalized spacial score (nSPS) is 18.8. The van der Waals surface area contributed by atoms with Gasteiger partial charge in [-0.3, -0.25) is 0 Å². The summed E-state index contributed by atoms with van der Waals surface area (Å²) in [5, 5.41) is 0. The molecule has 1 unspecified atom stereocenters. The number of nitrogens with zero attached hydrogens (tertiary/aromatic N) is 1. The third-order valence-electron chi connectivity index (χ3n) is 6.15. The van der Waals surface area contributed by atoms with Gasteiger partial charge in [0, 0.05) is 12.1 Å². The van der Waals surface area contributed by atoms with Gasteiger partial charge in [-0.15, -0.1) is 0 Å². The summed E-state index contributed by atoms with van der Waals surface area (Å²) < 4.78 is 38.0. The van der Waals surface area contributed by atoms with Crippen LogP contribution in [0.15, 0.2) is 29.2 Å². The largest absolute Gasteiger partial charge is 0.487 e. The Bertz CT molecular complexity index is 1040. The first kappa shape index (κ1) is 22.6. The molecule has 30 heavy (non-hydrogen) atoms. The Morgan fingerprint density at radius 2 is 1.67 bits per heavy atom. The summed E-state index contributed by atoms with van der Waals surface area (Å²) in [6.07, 6.45) is 2.67. The summed E-state index contributed by atoms with van der Waals surface area (Å²) in [5.41, 5.74) is 4.42. The Labute approximate surface area is 181 Å². The van der Waals surface area contributed by atoms with Gasteiger partial charge in [0.15, 0.2) is 0 Å². The Morgan fingerprint density at radius 3 is 2.27 bits per heavy atom. The van der Waals surface area contributed by atoms with Crippen LogP contribution in [-0.4, -0.2) is 39.6 Å². The molecule has 1 aliphatic rings. The summed E-state index contributed by atoms with van der Waals surface area (Å²) in [6.45, 7) is 10.9. The fourth-order valence-corrected chi connectivity index (χ4v) is 4.94. The van der Waals surface area contributed by atoms with Crippen LogP contribution >= 0.6 is 0 Å². The number of benzene rings is 2. The fourth-order valence-electron chi connectivity index (χ4n) is 3.91. The van der Waals surface area contributed by atoms with Gasteiger partial charge in [0.25, 0.3) is 0 Å². The molecule has 0 aliphatic carbocycles. The van der Waals surface area contributed by atoms with Crippen LogP contribution in [0.3, 0.4) is 0 Å². The molecule has 0 spiro atoms. The number of fused-ring (bicyclic) bond motifs is 1. The SMILES string of the molecule is Cc1ccc(S(=O)(=O)Oc2c(C)c(C)c3c(c2C)CCC(C)(CCN(C)C)O3)cc1.